The Hall–Kier alpha value is -1.50. The van der Waals surface area contributed by atoms with E-state index in [9.17, 15) is 4.79 Å². The first-order chi connectivity index (χ1) is 7.18. The number of tetrazole rings is 1. The topological polar surface area (TPSA) is 81.9 Å². The van der Waals surface area contributed by atoms with Crippen LogP contribution in [0.1, 0.15) is 13.3 Å². The Kier molecular flexibility index (Phi) is 2.63. The van der Waals surface area contributed by atoms with Gasteiger partial charge in [0.05, 0.1) is 12.1 Å². The number of amides is 1. The van der Waals surface area contributed by atoms with Gasteiger partial charge in [-0.1, -0.05) is 0 Å². The lowest BCUT2D eigenvalue weighted by molar-refractivity contribution is -0.123. The Balaban J connectivity index is 1.87. The van der Waals surface area contributed by atoms with Gasteiger partial charge in [-0.25, -0.2) is 4.68 Å². The Morgan fingerprint density at radius 1 is 1.73 bits per heavy atom. The third-order valence-electron chi connectivity index (χ3n) is 2.36. The van der Waals surface area contributed by atoms with E-state index in [-0.39, 0.29) is 18.0 Å². The van der Waals surface area contributed by atoms with E-state index in [1.807, 2.05) is 6.92 Å². The summed E-state index contributed by atoms with van der Waals surface area (Å²) in [4.78, 5) is 11.6. The molecule has 1 aromatic rings. The molecule has 2 rings (SSSR count). The van der Waals surface area contributed by atoms with E-state index in [1.54, 1.807) is 0 Å². The summed E-state index contributed by atoms with van der Waals surface area (Å²) in [5, 5.41) is 13.4. The summed E-state index contributed by atoms with van der Waals surface area (Å²) in [6.45, 7) is 3.37. The molecule has 82 valence electrons. The quantitative estimate of drug-likeness (QED) is 0.691. The minimum absolute atomic E-state index is 0.102. The fraction of sp³-hybridized carbons (Fsp3) is 0.750. The van der Waals surface area contributed by atoms with Crippen molar-refractivity contribution in [2.24, 2.45) is 0 Å². The normalized spacial score (nSPS) is 25.4. The summed E-state index contributed by atoms with van der Waals surface area (Å²) in [6, 6.07) is 0. The molecule has 0 saturated carbocycles. The van der Waals surface area contributed by atoms with E-state index in [0.717, 1.165) is 6.42 Å². The molecule has 1 aromatic heterocycles. The van der Waals surface area contributed by atoms with E-state index in [4.69, 9.17) is 4.74 Å². The Labute approximate surface area is 86.8 Å². The minimum atomic E-state index is -0.245. The molecule has 1 aliphatic heterocycles. The van der Waals surface area contributed by atoms with Gasteiger partial charge in [0, 0.05) is 6.61 Å². The highest BCUT2D eigenvalue weighted by Gasteiger charge is 2.31. The van der Waals surface area contributed by atoms with Crippen LogP contribution in [0.2, 0.25) is 0 Å². The summed E-state index contributed by atoms with van der Waals surface area (Å²) in [7, 11) is 0. The van der Waals surface area contributed by atoms with Crippen LogP contribution in [0.4, 0.5) is 0 Å². The van der Waals surface area contributed by atoms with Crippen LogP contribution < -0.4 is 5.32 Å². The highest BCUT2D eigenvalue weighted by molar-refractivity contribution is 5.76. The number of aromatic nitrogens is 4. The fourth-order valence-electron chi connectivity index (χ4n) is 1.54. The van der Waals surface area contributed by atoms with Gasteiger partial charge in [0.25, 0.3) is 0 Å². The van der Waals surface area contributed by atoms with Crippen LogP contribution in [-0.4, -0.2) is 44.9 Å². The molecule has 0 bridgehead atoms. The van der Waals surface area contributed by atoms with Crippen LogP contribution in [0.15, 0.2) is 6.33 Å². The van der Waals surface area contributed by atoms with Crippen molar-refractivity contribution in [3.05, 3.63) is 6.33 Å². The van der Waals surface area contributed by atoms with Gasteiger partial charge in [0.1, 0.15) is 12.9 Å². The van der Waals surface area contributed by atoms with Crippen molar-refractivity contribution in [3.8, 4) is 0 Å². The molecule has 1 N–H and O–H groups in total. The maximum absolute atomic E-state index is 11.6. The molecular weight excluding hydrogens is 198 g/mol. The number of carbonyl (C=O) groups is 1. The number of hydrogen-bond acceptors (Lipinski definition) is 5. The van der Waals surface area contributed by atoms with E-state index < -0.39 is 0 Å². The molecule has 0 radical (unpaired) electrons. The number of hydrogen-bond donors (Lipinski definition) is 1. The summed E-state index contributed by atoms with van der Waals surface area (Å²) in [6.07, 6.45) is 2.25. The van der Waals surface area contributed by atoms with Crippen LogP contribution >= 0.6 is 0 Å². The average Bonchev–Trinajstić information content (AvgIpc) is 2.76. The van der Waals surface area contributed by atoms with Crippen molar-refractivity contribution in [3.63, 3.8) is 0 Å². The minimum Gasteiger partial charge on any atom is -0.379 e. The van der Waals surface area contributed by atoms with Gasteiger partial charge >= 0.3 is 0 Å². The summed E-state index contributed by atoms with van der Waals surface area (Å²) in [5.74, 6) is -0.102. The van der Waals surface area contributed by atoms with Crippen molar-refractivity contribution in [2.45, 2.75) is 25.4 Å². The molecule has 7 nitrogen and oxygen atoms in total. The Bertz CT molecular complexity index is 331. The first kappa shape index (κ1) is 10.0. The first-order valence-electron chi connectivity index (χ1n) is 4.77. The third-order valence-corrected chi connectivity index (χ3v) is 2.36. The predicted octanol–water partition coefficient (Wildman–Crippen LogP) is -1.03. The highest BCUT2D eigenvalue weighted by atomic mass is 16.5. The lowest BCUT2D eigenvalue weighted by Crippen LogP contribution is -2.47. The van der Waals surface area contributed by atoms with Crippen LogP contribution in [-0.2, 0) is 16.1 Å². The summed E-state index contributed by atoms with van der Waals surface area (Å²) < 4.78 is 6.62. The molecule has 1 aliphatic rings. The maximum Gasteiger partial charge on any atom is 0.242 e. The molecule has 15 heavy (non-hydrogen) atoms. The van der Waals surface area contributed by atoms with Crippen molar-refractivity contribution in [2.75, 3.05) is 13.2 Å². The van der Waals surface area contributed by atoms with Crippen molar-refractivity contribution in [1.82, 2.24) is 25.5 Å². The standard InChI is InChI=1S/C8H13N5O2/c1-8(2-3-15-5-8)10-7(14)4-13-6-9-11-12-13/h6H,2-5H2,1H3,(H,10,14). The maximum atomic E-state index is 11.6. The molecule has 0 aliphatic carbocycles. The largest absolute Gasteiger partial charge is 0.379 e. The second-order valence-corrected chi connectivity index (χ2v) is 3.92. The lowest BCUT2D eigenvalue weighted by Gasteiger charge is -2.23. The summed E-state index contributed by atoms with van der Waals surface area (Å²) >= 11 is 0. The second-order valence-electron chi connectivity index (χ2n) is 3.92. The molecule has 0 spiro atoms. The number of carbonyl (C=O) groups excluding carboxylic acids is 1. The van der Waals surface area contributed by atoms with Gasteiger partial charge in [0.15, 0.2) is 0 Å². The van der Waals surface area contributed by atoms with E-state index in [0.29, 0.717) is 13.2 Å². The molecule has 1 amide bonds. The highest BCUT2D eigenvalue weighted by Crippen LogP contribution is 2.17. The molecule has 7 heteroatoms. The number of nitrogens with zero attached hydrogens (tertiary/aromatic N) is 4. The van der Waals surface area contributed by atoms with Crippen molar-refractivity contribution >= 4 is 5.91 Å². The molecule has 1 saturated heterocycles. The SMILES string of the molecule is CC1(NC(=O)Cn2cnnn2)CCOC1. The number of nitrogens with one attached hydrogen (secondary N) is 1. The van der Waals surface area contributed by atoms with Crippen LogP contribution in [0.5, 0.6) is 0 Å². The zero-order valence-corrected chi connectivity index (χ0v) is 8.51. The van der Waals surface area contributed by atoms with E-state index >= 15 is 0 Å². The second kappa shape index (κ2) is 3.93. The van der Waals surface area contributed by atoms with Crippen molar-refractivity contribution < 1.29 is 9.53 Å². The van der Waals surface area contributed by atoms with Gasteiger partial charge < -0.3 is 10.1 Å². The smallest absolute Gasteiger partial charge is 0.242 e. The van der Waals surface area contributed by atoms with Gasteiger partial charge in [0.2, 0.25) is 5.91 Å². The van der Waals surface area contributed by atoms with Gasteiger partial charge in [-0.3, -0.25) is 4.79 Å². The van der Waals surface area contributed by atoms with Crippen LogP contribution in [0, 0.1) is 0 Å². The van der Waals surface area contributed by atoms with E-state index in [2.05, 4.69) is 20.8 Å². The molecule has 1 fully saturated rings. The van der Waals surface area contributed by atoms with Gasteiger partial charge in [-0.05, 0) is 23.8 Å². The first-order valence-corrected chi connectivity index (χ1v) is 4.77. The fourth-order valence-corrected chi connectivity index (χ4v) is 1.54. The number of ether oxygens (including phenoxy) is 1. The van der Waals surface area contributed by atoms with E-state index in [1.165, 1.54) is 11.0 Å². The summed E-state index contributed by atoms with van der Waals surface area (Å²) in [5.41, 5.74) is -0.245. The molecule has 1 atom stereocenters. The molecule has 1 unspecified atom stereocenters. The zero-order chi connectivity index (χ0) is 10.7. The molecule has 0 aromatic carbocycles. The molecule has 2 heterocycles. The lowest BCUT2D eigenvalue weighted by atomic mass is 10.0. The number of rotatable bonds is 3. The monoisotopic (exact) mass is 211 g/mol. The predicted molar refractivity (Wildman–Crippen MR) is 49.8 cm³/mol. The van der Waals surface area contributed by atoms with Crippen LogP contribution in [0.3, 0.4) is 0 Å². The average molecular weight is 211 g/mol. The van der Waals surface area contributed by atoms with Gasteiger partial charge in [-0.2, -0.15) is 0 Å². The third kappa shape index (κ3) is 2.50. The zero-order valence-electron chi connectivity index (χ0n) is 8.51. The van der Waals surface area contributed by atoms with Crippen LogP contribution in [0.25, 0.3) is 0 Å². The Morgan fingerprint density at radius 2 is 2.60 bits per heavy atom. The molecular formula is C8H13N5O2. The van der Waals surface area contributed by atoms with Crippen molar-refractivity contribution in [1.29, 1.82) is 0 Å². The Morgan fingerprint density at radius 3 is 3.20 bits per heavy atom. The van der Waals surface area contributed by atoms with Gasteiger partial charge in [-0.15, -0.1) is 5.10 Å².